The van der Waals surface area contributed by atoms with Crippen LogP contribution in [-0.2, 0) is 24.3 Å². The van der Waals surface area contributed by atoms with E-state index in [1.807, 2.05) is 0 Å². The van der Waals surface area contributed by atoms with Crippen molar-refractivity contribution in [3.8, 4) is 0 Å². The van der Waals surface area contributed by atoms with Crippen LogP contribution in [0.3, 0.4) is 0 Å². The molecule has 120 valence electrons. The number of anilines is 2. The first-order valence-electron chi connectivity index (χ1n) is 6.84. The van der Waals surface area contributed by atoms with Gasteiger partial charge >= 0.3 is 5.97 Å². The SMILES string of the molecule is CC(=O)OCC(=O)Nc1ccc(N2CCCS2(=O)=O)cc1C. The van der Waals surface area contributed by atoms with Crippen LogP contribution < -0.4 is 9.62 Å². The summed E-state index contributed by atoms with van der Waals surface area (Å²) < 4.78 is 29.8. The maximum atomic E-state index is 11.9. The van der Waals surface area contributed by atoms with Gasteiger partial charge in [0.15, 0.2) is 6.61 Å². The minimum Gasteiger partial charge on any atom is -0.456 e. The Kier molecular flexibility index (Phi) is 4.70. The number of hydrogen-bond donors (Lipinski definition) is 1. The van der Waals surface area contributed by atoms with Crippen LogP contribution in [0, 0.1) is 6.92 Å². The number of carbonyl (C=O) groups is 2. The van der Waals surface area contributed by atoms with Gasteiger partial charge in [0, 0.05) is 19.2 Å². The third-order valence-corrected chi connectivity index (χ3v) is 5.15. The van der Waals surface area contributed by atoms with E-state index in [-0.39, 0.29) is 12.4 Å². The summed E-state index contributed by atoms with van der Waals surface area (Å²) in [6, 6.07) is 5.01. The zero-order chi connectivity index (χ0) is 16.3. The number of amides is 1. The molecule has 0 saturated carbocycles. The molecule has 1 aromatic rings. The highest BCUT2D eigenvalue weighted by atomic mass is 32.2. The van der Waals surface area contributed by atoms with Crippen molar-refractivity contribution in [3.63, 3.8) is 0 Å². The monoisotopic (exact) mass is 326 g/mol. The van der Waals surface area contributed by atoms with Gasteiger partial charge in [-0.2, -0.15) is 0 Å². The van der Waals surface area contributed by atoms with E-state index in [0.717, 1.165) is 5.56 Å². The van der Waals surface area contributed by atoms with E-state index < -0.39 is 21.9 Å². The fourth-order valence-corrected chi connectivity index (χ4v) is 3.78. The van der Waals surface area contributed by atoms with Crippen LogP contribution in [0.2, 0.25) is 0 Å². The van der Waals surface area contributed by atoms with E-state index in [4.69, 9.17) is 0 Å². The molecule has 1 amide bonds. The number of aryl methyl sites for hydroxylation is 1. The number of benzene rings is 1. The van der Waals surface area contributed by atoms with Crippen molar-refractivity contribution in [2.24, 2.45) is 0 Å². The molecule has 1 aliphatic rings. The first-order valence-corrected chi connectivity index (χ1v) is 8.45. The molecule has 0 unspecified atom stereocenters. The minimum atomic E-state index is -3.22. The van der Waals surface area contributed by atoms with E-state index in [1.54, 1.807) is 25.1 Å². The smallest absolute Gasteiger partial charge is 0.303 e. The molecule has 1 aromatic carbocycles. The van der Waals surface area contributed by atoms with Gasteiger partial charge in [0.2, 0.25) is 10.0 Å². The number of rotatable bonds is 4. The van der Waals surface area contributed by atoms with Gasteiger partial charge in [0.05, 0.1) is 11.4 Å². The Morgan fingerprint density at radius 3 is 2.64 bits per heavy atom. The molecule has 1 N–H and O–H groups in total. The van der Waals surface area contributed by atoms with Crippen molar-refractivity contribution >= 4 is 33.3 Å². The second kappa shape index (κ2) is 6.35. The average Bonchev–Trinajstić information content (AvgIpc) is 2.78. The minimum absolute atomic E-state index is 0.160. The summed E-state index contributed by atoms with van der Waals surface area (Å²) in [7, 11) is -3.22. The quantitative estimate of drug-likeness (QED) is 0.835. The Labute approximate surface area is 129 Å². The Bertz CT molecular complexity index is 699. The first-order chi connectivity index (χ1) is 10.3. The molecule has 0 atom stereocenters. The zero-order valence-electron chi connectivity index (χ0n) is 12.5. The standard InChI is InChI=1S/C14H18N2O5S/c1-10-8-12(16-6-3-7-22(16,19)20)4-5-13(10)15-14(18)9-21-11(2)17/h4-5,8H,3,6-7,9H2,1-2H3,(H,15,18). The van der Waals surface area contributed by atoms with E-state index in [2.05, 4.69) is 10.1 Å². The highest BCUT2D eigenvalue weighted by molar-refractivity contribution is 7.93. The third-order valence-electron chi connectivity index (χ3n) is 3.28. The highest BCUT2D eigenvalue weighted by Gasteiger charge is 2.28. The summed E-state index contributed by atoms with van der Waals surface area (Å²) in [5.74, 6) is -0.811. The number of esters is 1. The van der Waals surface area contributed by atoms with Crippen molar-refractivity contribution in [2.75, 3.05) is 28.5 Å². The number of nitrogens with one attached hydrogen (secondary N) is 1. The lowest BCUT2D eigenvalue weighted by molar-refractivity contribution is -0.144. The molecule has 7 nitrogen and oxygen atoms in total. The lowest BCUT2D eigenvalue weighted by Gasteiger charge is -2.18. The average molecular weight is 326 g/mol. The molecule has 8 heteroatoms. The third kappa shape index (κ3) is 3.76. The van der Waals surface area contributed by atoms with Gasteiger partial charge in [0.25, 0.3) is 5.91 Å². The molecular formula is C14H18N2O5S. The molecule has 0 radical (unpaired) electrons. The van der Waals surface area contributed by atoms with Crippen molar-refractivity contribution in [1.82, 2.24) is 0 Å². The van der Waals surface area contributed by atoms with Crippen LogP contribution in [0.1, 0.15) is 18.9 Å². The van der Waals surface area contributed by atoms with Crippen LogP contribution >= 0.6 is 0 Å². The molecule has 1 aliphatic heterocycles. The van der Waals surface area contributed by atoms with Gasteiger partial charge in [-0.25, -0.2) is 8.42 Å². The van der Waals surface area contributed by atoms with Crippen molar-refractivity contribution < 1.29 is 22.7 Å². The maximum Gasteiger partial charge on any atom is 0.303 e. The van der Waals surface area contributed by atoms with Gasteiger partial charge in [0.1, 0.15) is 0 Å². The van der Waals surface area contributed by atoms with Crippen molar-refractivity contribution in [2.45, 2.75) is 20.3 Å². The van der Waals surface area contributed by atoms with Crippen LogP contribution in [0.5, 0.6) is 0 Å². The molecule has 0 bridgehead atoms. The molecule has 2 rings (SSSR count). The Balaban J connectivity index is 2.10. The molecule has 22 heavy (non-hydrogen) atoms. The fourth-order valence-electron chi connectivity index (χ4n) is 2.23. The molecule has 0 spiro atoms. The zero-order valence-corrected chi connectivity index (χ0v) is 13.3. The van der Waals surface area contributed by atoms with Gasteiger partial charge in [-0.3, -0.25) is 13.9 Å². The number of nitrogens with zero attached hydrogens (tertiary/aromatic N) is 1. The van der Waals surface area contributed by atoms with E-state index >= 15 is 0 Å². The predicted octanol–water partition coefficient (Wildman–Crippen LogP) is 1.04. The molecule has 1 heterocycles. The largest absolute Gasteiger partial charge is 0.456 e. The topological polar surface area (TPSA) is 92.8 Å². The second-order valence-corrected chi connectivity index (χ2v) is 7.08. The van der Waals surface area contributed by atoms with Gasteiger partial charge < -0.3 is 10.1 Å². The van der Waals surface area contributed by atoms with Crippen LogP contribution in [0.4, 0.5) is 11.4 Å². The summed E-state index contributed by atoms with van der Waals surface area (Å²) >= 11 is 0. The highest BCUT2D eigenvalue weighted by Crippen LogP contribution is 2.27. The van der Waals surface area contributed by atoms with Gasteiger partial charge in [-0.15, -0.1) is 0 Å². The molecular weight excluding hydrogens is 308 g/mol. The summed E-state index contributed by atoms with van der Waals surface area (Å²) in [6.45, 7) is 3.12. The lowest BCUT2D eigenvalue weighted by atomic mass is 10.1. The Morgan fingerprint density at radius 2 is 2.09 bits per heavy atom. The molecule has 1 saturated heterocycles. The summed E-state index contributed by atoms with van der Waals surface area (Å²) in [5, 5.41) is 2.62. The normalized spacial score (nSPS) is 16.4. The number of hydrogen-bond acceptors (Lipinski definition) is 5. The van der Waals surface area contributed by atoms with Crippen molar-refractivity contribution in [3.05, 3.63) is 23.8 Å². The summed E-state index contributed by atoms with van der Waals surface area (Å²) in [5.41, 5.74) is 1.88. The van der Waals surface area contributed by atoms with Crippen LogP contribution in [-0.4, -0.2) is 39.2 Å². The Hall–Kier alpha value is -2.09. The van der Waals surface area contributed by atoms with Crippen molar-refractivity contribution in [1.29, 1.82) is 0 Å². The molecule has 0 aromatic heterocycles. The van der Waals surface area contributed by atoms with E-state index in [0.29, 0.717) is 24.3 Å². The molecule has 0 aliphatic carbocycles. The summed E-state index contributed by atoms with van der Waals surface area (Å²) in [6.07, 6.45) is 0.613. The fraction of sp³-hybridized carbons (Fsp3) is 0.429. The van der Waals surface area contributed by atoms with E-state index in [9.17, 15) is 18.0 Å². The molecule has 1 fully saturated rings. The number of sulfonamides is 1. The van der Waals surface area contributed by atoms with E-state index in [1.165, 1.54) is 11.2 Å². The van der Waals surface area contributed by atoms with Crippen LogP contribution in [0.25, 0.3) is 0 Å². The first kappa shape index (κ1) is 16.3. The predicted molar refractivity (Wildman–Crippen MR) is 82.2 cm³/mol. The Morgan fingerprint density at radius 1 is 1.36 bits per heavy atom. The van der Waals surface area contributed by atoms with Gasteiger partial charge in [-0.1, -0.05) is 0 Å². The number of ether oxygens (including phenoxy) is 1. The maximum absolute atomic E-state index is 11.9. The second-order valence-electron chi connectivity index (χ2n) is 5.07. The van der Waals surface area contributed by atoms with Crippen LogP contribution in [0.15, 0.2) is 18.2 Å². The lowest BCUT2D eigenvalue weighted by Crippen LogP contribution is -2.25. The van der Waals surface area contributed by atoms with Gasteiger partial charge in [-0.05, 0) is 37.1 Å². The summed E-state index contributed by atoms with van der Waals surface area (Å²) in [4.78, 5) is 22.3. The number of carbonyl (C=O) groups excluding carboxylic acids is 2.